The van der Waals surface area contributed by atoms with Gasteiger partial charge in [-0.25, -0.2) is 0 Å². The monoisotopic (exact) mass is 212 g/mol. The molecule has 2 rings (SSSR count). The Labute approximate surface area is 93.0 Å². The molecule has 15 heavy (non-hydrogen) atoms. The van der Waals surface area contributed by atoms with Crippen LogP contribution in [-0.4, -0.2) is 44.3 Å². The van der Waals surface area contributed by atoms with Crippen LogP contribution in [0.15, 0.2) is 0 Å². The molecule has 1 unspecified atom stereocenters. The summed E-state index contributed by atoms with van der Waals surface area (Å²) < 4.78 is 5.31. The van der Waals surface area contributed by atoms with Gasteiger partial charge in [0.25, 0.3) is 0 Å². The predicted octanol–water partition coefficient (Wildman–Crippen LogP) is 1.08. The van der Waals surface area contributed by atoms with Gasteiger partial charge in [-0.2, -0.15) is 0 Å². The Bertz CT molecular complexity index is 204. The largest absolute Gasteiger partial charge is 0.380 e. The van der Waals surface area contributed by atoms with E-state index in [9.17, 15) is 0 Å². The van der Waals surface area contributed by atoms with Gasteiger partial charge in [0, 0.05) is 12.0 Å². The highest BCUT2D eigenvalue weighted by Gasteiger charge is 2.35. The first kappa shape index (κ1) is 11.4. The second kappa shape index (κ2) is 4.81. The third kappa shape index (κ3) is 2.92. The van der Waals surface area contributed by atoms with E-state index in [0.29, 0.717) is 5.41 Å². The first-order chi connectivity index (χ1) is 7.22. The summed E-state index contributed by atoms with van der Waals surface area (Å²) in [6.07, 6.45) is 3.92. The minimum Gasteiger partial charge on any atom is -0.380 e. The van der Waals surface area contributed by atoms with Crippen LogP contribution in [0.4, 0.5) is 0 Å². The lowest BCUT2D eigenvalue weighted by Crippen LogP contribution is -2.49. The van der Waals surface area contributed by atoms with Crippen LogP contribution in [0.3, 0.4) is 0 Å². The molecule has 0 aromatic rings. The molecular weight excluding hydrogens is 188 g/mol. The maximum absolute atomic E-state index is 5.74. The van der Waals surface area contributed by atoms with E-state index in [-0.39, 0.29) is 0 Å². The van der Waals surface area contributed by atoms with Crippen molar-refractivity contribution in [3.05, 3.63) is 0 Å². The van der Waals surface area contributed by atoms with Gasteiger partial charge in [0.1, 0.15) is 0 Å². The summed E-state index contributed by atoms with van der Waals surface area (Å²) in [5, 5.41) is 0. The summed E-state index contributed by atoms with van der Waals surface area (Å²) in [5.74, 6) is 0.764. The fourth-order valence-electron chi connectivity index (χ4n) is 2.70. The predicted molar refractivity (Wildman–Crippen MR) is 61.8 cm³/mol. The molecule has 2 aliphatic rings. The molecule has 88 valence electrons. The van der Waals surface area contributed by atoms with E-state index >= 15 is 0 Å². The summed E-state index contributed by atoms with van der Waals surface area (Å²) in [4.78, 5) is 2.61. The van der Waals surface area contributed by atoms with E-state index < -0.39 is 0 Å². The summed E-state index contributed by atoms with van der Waals surface area (Å²) >= 11 is 0. The normalized spacial score (nSPS) is 32.0. The third-order valence-electron chi connectivity index (χ3n) is 3.78. The van der Waals surface area contributed by atoms with Crippen molar-refractivity contribution in [3.63, 3.8) is 0 Å². The number of likely N-dealkylation sites (tertiary alicyclic amines) is 1. The average molecular weight is 212 g/mol. The van der Waals surface area contributed by atoms with E-state index in [1.165, 1.54) is 38.9 Å². The van der Waals surface area contributed by atoms with Crippen LogP contribution in [0.2, 0.25) is 0 Å². The molecule has 2 heterocycles. The van der Waals surface area contributed by atoms with E-state index in [1.807, 2.05) is 0 Å². The topological polar surface area (TPSA) is 38.5 Å². The van der Waals surface area contributed by atoms with Crippen molar-refractivity contribution in [1.29, 1.82) is 0 Å². The average Bonchev–Trinajstić information content (AvgIpc) is 2.41. The quantitative estimate of drug-likeness (QED) is 0.761. The van der Waals surface area contributed by atoms with Gasteiger partial charge in [0.15, 0.2) is 0 Å². The third-order valence-corrected chi connectivity index (χ3v) is 3.78. The molecule has 0 amide bonds. The van der Waals surface area contributed by atoms with Crippen LogP contribution in [-0.2, 0) is 4.74 Å². The molecular formula is C12H24N2O. The molecule has 2 saturated heterocycles. The second-order valence-corrected chi connectivity index (χ2v) is 5.61. The molecule has 0 spiro atoms. The minimum absolute atomic E-state index is 0.433. The Balaban J connectivity index is 1.78. The Hall–Kier alpha value is -0.120. The lowest BCUT2D eigenvalue weighted by molar-refractivity contribution is -0.114. The fourth-order valence-corrected chi connectivity index (χ4v) is 2.70. The minimum atomic E-state index is 0.433. The molecule has 3 nitrogen and oxygen atoms in total. The Morgan fingerprint density at radius 3 is 2.73 bits per heavy atom. The molecule has 0 radical (unpaired) electrons. The Kier molecular flexibility index (Phi) is 3.65. The van der Waals surface area contributed by atoms with Crippen LogP contribution in [0, 0.1) is 11.3 Å². The van der Waals surface area contributed by atoms with Gasteiger partial charge in [-0.3, -0.25) is 0 Å². The van der Waals surface area contributed by atoms with Gasteiger partial charge in [-0.1, -0.05) is 6.92 Å². The number of nitrogens with zero attached hydrogens (tertiary/aromatic N) is 1. The Morgan fingerprint density at radius 1 is 1.33 bits per heavy atom. The number of hydrogen-bond donors (Lipinski definition) is 1. The Morgan fingerprint density at radius 2 is 2.13 bits per heavy atom. The molecule has 2 aliphatic heterocycles. The van der Waals surface area contributed by atoms with E-state index in [4.69, 9.17) is 10.5 Å². The summed E-state index contributed by atoms with van der Waals surface area (Å²) in [6.45, 7) is 8.80. The molecule has 0 aromatic carbocycles. The molecule has 0 aromatic heterocycles. The van der Waals surface area contributed by atoms with E-state index in [0.717, 1.165) is 25.7 Å². The zero-order valence-corrected chi connectivity index (χ0v) is 9.87. The van der Waals surface area contributed by atoms with E-state index in [1.54, 1.807) is 0 Å². The van der Waals surface area contributed by atoms with Gasteiger partial charge in [-0.05, 0) is 44.8 Å². The maximum Gasteiger partial charge on any atom is 0.0554 e. The fraction of sp³-hybridized carbons (Fsp3) is 1.00. The number of hydrogen-bond acceptors (Lipinski definition) is 3. The highest BCUT2D eigenvalue weighted by atomic mass is 16.5. The van der Waals surface area contributed by atoms with Gasteiger partial charge < -0.3 is 15.4 Å². The van der Waals surface area contributed by atoms with Gasteiger partial charge in [0.05, 0.1) is 13.2 Å². The molecule has 2 N–H and O–H groups in total. The highest BCUT2D eigenvalue weighted by molar-refractivity contribution is 4.85. The lowest BCUT2D eigenvalue weighted by atomic mass is 9.88. The number of ether oxygens (including phenoxy) is 1. The zero-order chi connectivity index (χ0) is 10.7. The summed E-state index contributed by atoms with van der Waals surface area (Å²) in [5.41, 5.74) is 6.18. The summed E-state index contributed by atoms with van der Waals surface area (Å²) in [6, 6.07) is 0. The lowest BCUT2D eigenvalue weighted by Gasteiger charge is -2.41. The van der Waals surface area contributed by atoms with Crippen molar-refractivity contribution >= 4 is 0 Å². The van der Waals surface area contributed by atoms with Crippen molar-refractivity contribution in [2.24, 2.45) is 17.1 Å². The highest BCUT2D eigenvalue weighted by Crippen LogP contribution is 2.29. The van der Waals surface area contributed by atoms with Crippen LogP contribution in [0.5, 0.6) is 0 Å². The maximum atomic E-state index is 5.74. The van der Waals surface area contributed by atoms with Gasteiger partial charge >= 0.3 is 0 Å². The first-order valence-electron chi connectivity index (χ1n) is 6.22. The van der Waals surface area contributed by atoms with Crippen LogP contribution >= 0.6 is 0 Å². The van der Waals surface area contributed by atoms with E-state index in [2.05, 4.69) is 11.8 Å². The molecule has 0 saturated carbocycles. The van der Waals surface area contributed by atoms with Crippen molar-refractivity contribution in [2.75, 3.05) is 39.4 Å². The molecule has 0 aliphatic carbocycles. The number of nitrogens with two attached hydrogens (primary N) is 1. The molecule has 1 atom stereocenters. The van der Waals surface area contributed by atoms with Crippen molar-refractivity contribution in [3.8, 4) is 0 Å². The summed E-state index contributed by atoms with van der Waals surface area (Å²) in [7, 11) is 0. The second-order valence-electron chi connectivity index (χ2n) is 5.61. The SMILES string of the molecule is CC1(CN2CCCC(CN)CC2)COC1. The molecule has 2 fully saturated rings. The number of rotatable bonds is 3. The van der Waals surface area contributed by atoms with Crippen LogP contribution in [0.1, 0.15) is 26.2 Å². The van der Waals surface area contributed by atoms with Gasteiger partial charge in [0.2, 0.25) is 0 Å². The van der Waals surface area contributed by atoms with Crippen LogP contribution < -0.4 is 5.73 Å². The van der Waals surface area contributed by atoms with Crippen molar-refractivity contribution in [1.82, 2.24) is 4.90 Å². The van der Waals surface area contributed by atoms with Crippen molar-refractivity contribution < 1.29 is 4.74 Å². The van der Waals surface area contributed by atoms with Crippen molar-refractivity contribution in [2.45, 2.75) is 26.2 Å². The standard InChI is InChI=1S/C12H24N2O/c1-12(9-15-10-12)8-14-5-2-3-11(7-13)4-6-14/h11H,2-10,13H2,1H3. The first-order valence-corrected chi connectivity index (χ1v) is 6.22. The molecule has 0 bridgehead atoms. The van der Waals surface area contributed by atoms with Gasteiger partial charge in [-0.15, -0.1) is 0 Å². The zero-order valence-electron chi connectivity index (χ0n) is 9.87. The smallest absolute Gasteiger partial charge is 0.0554 e. The molecule has 3 heteroatoms. The van der Waals surface area contributed by atoms with Crippen LogP contribution in [0.25, 0.3) is 0 Å².